The molecular formula is C18H18N4O2. The van der Waals surface area contributed by atoms with Gasteiger partial charge in [-0.25, -0.2) is 0 Å². The van der Waals surface area contributed by atoms with Gasteiger partial charge >= 0.3 is 0 Å². The van der Waals surface area contributed by atoms with E-state index in [-0.39, 0.29) is 11.8 Å². The summed E-state index contributed by atoms with van der Waals surface area (Å²) in [6.45, 7) is 2.37. The van der Waals surface area contributed by atoms with E-state index in [1.54, 1.807) is 13.1 Å². The van der Waals surface area contributed by atoms with Gasteiger partial charge in [-0.1, -0.05) is 24.3 Å². The number of carbonyl (C=O) groups is 2. The minimum absolute atomic E-state index is 0.0700. The molecule has 3 heterocycles. The third-order valence-corrected chi connectivity index (χ3v) is 5.55. The van der Waals surface area contributed by atoms with Crippen LogP contribution in [0.4, 0.5) is 0 Å². The zero-order valence-electron chi connectivity index (χ0n) is 13.4. The molecule has 3 aliphatic heterocycles. The predicted octanol–water partition coefficient (Wildman–Crippen LogP) is 1.04. The first-order valence-electron chi connectivity index (χ1n) is 8.29. The molecular weight excluding hydrogens is 304 g/mol. The number of likely N-dealkylation sites (tertiary alicyclic amines) is 1. The Morgan fingerprint density at radius 3 is 3.00 bits per heavy atom. The summed E-state index contributed by atoms with van der Waals surface area (Å²) in [5.41, 5.74) is 3.51. The van der Waals surface area contributed by atoms with Gasteiger partial charge in [0.05, 0.1) is 11.4 Å². The van der Waals surface area contributed by atoms with Crippen LogP contribution in [0, 0.1) is 0 Å². The van der Waals surface area contributed by atoms with Crippen molar-refractivity contribution in [1.82, 2.24) is 20.4 Å². The van der Waals surface area contributed by atoms with Crippen molar-refractivity contribution >= 4 is 17.5 Å². The van der Waals surface area contributed by atoms with E-state index in [4.69, 9.17) is 0 Å². The molecule has 122 valence electrons. The summed E-state index contributed by atoms with van der Waals surface area (Å²) in [5, 5.41) is 6.17. The van der Waals surface area contributed by atoms with Gasteiger partial charge in [-0.3, -0.25) is 9.59 Å². The van der Waals surface area contributed by atoms with Gasteiger partial charge in [0.25, 0.3) is 5.91 Å². The van der Waals surface area contributed by atoms with Gasteiger partial charge in [-0.2, -0.15) is 0 Å². The largest absolute Gasteiger partial charge is 0.362 e. The summed E-state index contributed by atoms with van der Waals surface area (Å²) in [6, 6.07) is 8.10. The number of amides is 2. The Hall–Kier alpha value is -2.76. The molecule has 0 radical (unpaired) electrons. The van der Waals surface area contributed by atoms with Crippen LogP contribution in [-0.4, -0.2) is 34.3 Å². The number of fused-ring (bicyclic) bond motifs is 6. The summed E-state index contributed by atoms with van der Waals surface area (Å²) < 4.78 is 0. The van der Waals surface area contributed by atoms with Crippen molar-refractivity contribution < 1.29 is 9.59 Å². The molecule has 6 heteroatoms. The lowest BCUT2D eigenvalue weighted by molar-refractivity contribution is -0.132. The van der Waals surface area contributed by atoms with E-state index >= 15 is 0 Å². The zero-order valence-corrected chi connectivity index (χ0v) is 13.4. The summed E-state index contributed by atoms with van der Waals surface area (Å²) in [4.78, 5) is 28.9. The highest BCUT2D eigenvalue weighted by molar-refractivity contribution is 5.98. The van der Waals surface area contributed by atoms with E-state index in [2.05, 4.69) is 16.7 Å². The van der Waals surface area contributed by atoms with Gasteiger partial charge in [0, 0.05) is 31.4 Å². The summed E-state index contributed by atoms with van der Waals surface area (Å²) in [7, 11) is 0. The van der Waals surface area contributed by atoms with Gasteiger partial charge in [0.1, 0.15) is 5.54 Å². The number of hydrogen-bond acceptors (Lipinski definition) is 4. The first kappa shape index (κ1) is 13.7. The highest BCUT2D eigenvalue weighted by atomic mass is 16.2. The molecule has 0 aromatic heterocycles. The second kappa shape index (κ2) is 4.41. The third kappa shape index (κ3) is 1.42. The molecule has 4 aliphatic rings. The van der Waals surface area contributed by atoms with E-state index < -0.39 is 11.7 Å². The zero-order chi connectivity index (χ0) is 16.5. The van der Waals surface area contributed by atoms with E-state index in [1.807, 2.05) is 34.2 Å². The molecule has 1 aromatic rings. The fourth-order valence-electron chi connectivity index (χ4n) is 4.74. The monoisotopic (exact) mass is 322 g/mol. The minimum Gasteiger partial charge on any atom is -0.362 e. The summed E-state index contributed by atoms with van der Waals surface area (Å²) >= 11 is 0. The van der Waals surface area contributed by atoms with E-state index in [1.165, 1.54) is 0 Å². The number of nitrogens with zero attached hydrogens (tertiary/aromatic N) is 2. The van der Waals surface area contributed by atoms with Crippen molar-refractivity contribution in [2.45, 2.75) is 31.5 Å². The van der Waals surface area contributed by atoms with Crippen LogP contribution in [0.25, 0.3) is 5.70 Å². The molecule has 1 spiro atoms. The molecule has 1 saturated heterocycles. The molecule has 5 rings (SSSR count). The summed E-state index contributed by atoms with van der Waals surface area (Å²) in [6.07, 6.45) is 5.08. The smallest absolute Gasteiger partial charge is 0.268 e. The Bertz CT molecular complexity index is 843. The van der Waals surface area contributed by atoms with Crippen LogP contribution in [-0.2, 0) is 15.1 Å². The van der Waals surface area contributed by atoms with Crippen molar-refractivity contribution in [3.05, 3.63) is 53.5 Å². The molecule has 6 nitrogen and oxygen atoms in total. The Morgan fingerprint density at radius 2 is 2.17 bits per heavy atom. The quantitative estimate of drug-likeness (QED) is 0.749. The number of rotatable bonds is 0. The molecule has 0 bridgehead atoms. The summed E-state index contributed by atoms with van der Waals surface area (Å²) in [5.74, 6) is -0.00128. The van der Waals surface area contributed by atoms with Crippen molar-refractivity contribution in [1.29, 1.82) is 0 Å². The van der Waals surface area contributed by atoms with E-state index in [9.17, 15) is 9.59 Å². The molecule has 1 fully saturated rings. The van der Waals surface area contributed by atoms with Crippen LogP contribution < -0.4 is 10.6 Å². The lowest BCUT2D eigenvalue weighted by Crippen LogP contribution is -2.56. The van der Waals surface area contributed by atoms with Crippen LogP contribution in [0.3, 0.4) is 0 Å². The van der Waals surface area contributed by atoms with Crippen LogP contribution in [0.2, 0.25) is 0 Å². The molecule has 0 saturated carbocycles. The van der Waals surface area contributed by atoms with Gasteiger partial charge in [0.15, 0.2) is 6.17 Å². The SMILES string of the molecule is CC(=O)N1CCCC12C1=C(NC(=O)C3NC=CN13)c1ccccc12. The number of nitrogens with one attached hydrogen (secondary N) is 2. The van der Waals surface area contributed by atoms with Crippen molar-refractivity contribution in [2.75, 3.05) is 6.54 Å². The normalized spacial score (nSPS) is 29.5. The van der Waals surface area contributed by atoms with Crippen LogP contribution >= 0.6 is 0 Å². The molecule has 24 heavy (non-hydrogen) atoms. The number of benzene rings is 1. The number of carbonyl (C=O) groups excluding carboxylic acids is 2. The van der Waals surface area contributed by atoms with Crippen LogP contribution in [0.15, 0.2) is 42.4 Å². The second-order valence-electron chi connectivity index (χ2n) is 6.69. The second-order valence-corrected chi connectivity index (χ2v) is 6.69. The third-order valence-electron chi connectivity index (χ3n) is 5.55. The Balaban J connectivity index is 1.81. The average molecular weight is 322 g/mol. The lowest BCUT2D eigenvalue weighted by Gasteiger charge is -2.43. The highest BCUT2D eigenvalue weighted by Gasteiger charge is 2.57. The van der Waals surface area contributed by atoms with Gasteiger partial charge < -0.3 is 20.4 Å². The highest BCUT2D eigenvalue weighted by Crippen LogP contribution is 2.55. The van der Waals surface area contributed by atoms with Gasteiger partial charge in [-0.05, 0) is 18.4 Å². The van der Waals surface area contributed by atoms with Crippen molar-refractivity contribution in [2.24, 2.45) is 0 Å². The molecule has 2 unspecified atom stereocenters. The predicted molar refractivity (Wildman–Crippen MR) is 87.7 cm³/mol. The first-order chi connectivity index (χ1) is 11.6. The van der Waals surface area contributed by atoms with E-state index in [0.29, 0.717) is 0 Å². The van der Waals surface area contributed by atoms with Crippen molar-refractivity contribution in [3.63, 3.8) is 0 Å². The maximum absolute atomic E-state index is 12.5. The van der Waals surface area contributed by atoms with Gasteiger partial charge in [0.2, 0.25) is 5.91 Å². The lowest BCUT2D eigenvalue weighted by atomic mass is 9.86. The first-order valence-corrected chi connectivity index (χ1v) is 8.29. The number of hydrogen-bond donors (Lipinski definition) is 2. The fraction of sp³-hybridized carbons (Fsp3) is 0.333. The molecule has 2 N–H and O–H groups in total. The minimum atomic E-state index is -0.486. The maximum atomic E-state index is 12.5. The van der Waals surface area contributed by atoms with Gasteiger partial charge in [-0.15, -0.1) is 0 Å². The van der Waals surface area contributed by atoms with Crippen LogP contribution in [0.1, 0.15) is 30.9 Å². The van der Waals surface area contributed by atoms with Crippen molar-refractivity contribution in [3.8, 4) is 0 Å². The Kier molecular flexibility index (Phi) is 2.51. The molecule has 2 atom stereocenters. The Morgan fingerprint density at radius 1 is 1.33 bits per heavy atom. The molecule has 1 aliphatic carbocycles. The Labute approximate surface area is 139 Å². The molecule has 1 aromatic carbocycles. The van der Waals surface area contributed by atoms with E-state index in [0.717, 1.165) is 41.9 Å². The standard InChI is InChI=1S/C18H18N4O2/c1-11(23)22-9-4-7-18(22)13-6-3-2-5-12(13)14-15(18)21-10-8-19-16(21)17(24)20-14/h2-3,5-6,8,10,16,19H,4,7,9H2,1H3,(H,20,24). The van der Waals surface area contributed by atoms with Crippen LogP contribution in [0.5, 0.6) is 0 Å². The topological polar surface area (TPSA) is 64.7 Å². The average Bonchev–Trinajstić information content (AvgIpc) is 3.27. The maximum Gasteiger partial charge on any atom is 0.268 e. The molecule has 2 amide bonds. The fourth-order valence-corrected chi connectivity index (χ4v) is 4.74.